The van der Waals surface area contributed by atoms with Crippen molar-refractivity contribution in [3.63, 3.8) is 0 Å². The summed E-state index contributed by atoms with van der Waals surface area (Å²) in [6, 6.07) is 0. The Bertz CT molecular complexity index is 129. The van der Waals surface area contributed by atoms with Crippen LogP contribution in [0.5, 0.6) is 0 Å². The van der Waals surface area contributed by atoms with Crippen molar-refractivity contribution < 1.29 is 0 Å². The molecule has 0 amide bonds. The standard InChI is InChI=1S/C6H12.C5H10.C4H10.C2H6/c1-4-5-6(2)3;1-4-5(2)3;1-3-4-2;1-2/h2,4-5H2,1,3H3;2,4H2,1,3H3;3-4H2,1-2H3;1-2H3. The Balaban J connectivity index is -0.0000000705. The molecule has 0 atom stereocenters. The average Bonchev–Trinajstić information content (AvgIpc) is 2.32. The molecule has 0 aliphatic heterocycles. The molecule has 0 aromatic heterocycles. The van der Waals surface area contributed by atoms with Gasteiger partial charge in [-0.05, 0) is 26.7 Å². The van der Waals surface area contributed by atoms with Crippen LogP contribution in [0.1, 0.15) is 87.5 Å². The molecular weight excluding hydrogens is 204 g/mol. The van der Waals surface area contributed by atoms with Gasteiger partial charge >= 0.3 is 0 Å². The van der Waals surface area contributed by atoms with Gasteiger partial charge in [0, 0.05) is 0 Å². The van der Waals surface area contributed by atoms with Gasteiger partial charge in [-0.25, -0.2) is 0 Å². The highest BCUT2D eigenvalue weighted by Gasteiger charge is 1.76. The van der Waals surface area contributed by atoms with E-state index in [2.05, 4.69) is 47.8 Å². The van der Waals surface area contributed by atoms with Gasteiger partial charge in [-0.3, -0.25) is 0 Å². The lowest BCUT2D eigenvalue weighted by molar-refractivity contribution is 0.886. The van der Waals surface area contributed by atoms with Crippen LogP contribution in [0.3, 0.4) is 0 Å². The Kier molecular flexibility index (Phi) is 44.1. The molecular formula is C17H38. The van der Waals surface area contributed by atoms with Crippen LogP contribution in [0, 0.1) is 0 Å². The topological polar surface area (TPSA) is 0 Å². The molecule has 0 aromatic carbocycles. The first-order valence-electron chi connectivity index (χ1n) is 7.24. The molecule has 17 heavy (non-hydrogen) atoms. The maximum absolute atomic E-state index is 3.74. The van der Waals surface area contributed by atoms with Crippen LogP contribution < -0.4 is 0 Å². The van der Waals surface area contributed by atoms with Gasteiger partial charge in [-0.1, -0.05) is 72.0 Å². The minimum Gasteiger partial charge on any atom is -0.100 e. The molecule has 0 heteroatoms. The third-order valence-electron chi connectivity index (χ3n) is 1.78. The van der Waals surface area contributed by atoms with Gasteiger partial charge in [-0.15, -0.1) is 13.2 Å². The van der Waals surface area contributed by atoms with Crippen molar-refractivity contribution in [2.24, 2.45) is 0 Å². The van der Waals surface area contributed by atoms with E-state index in [1.807, 2.05) is 20.8 Å². The van der Waals surface area contributed by atoms with E-state index < -0.39 is 0 Å². The lowest BCUT2D eigenvalue weighted by atomic mass is 10.2. The highest BCUT2D eigenvalue weighted by Crippen LogP contribution is 1.96. The summed E-state index contributed by atoms with van der Waals surface area (Å²) in [6.07, 6.45) is 6.16. The number of hydrogen-bond donors (Lipinski definition) is 0. The number of rotatable bonds is 4. The van der Waals surface area contributed by atoms with Gasteiger partial charge in [0.25, 0.3) is 0 Å². The van der Waals surface area contributed by atoms with Crippen LogP contribution in [-0.4, -0.2) is 0 Å². The largest absolute Gasteiger partial charge is 0.100 e. The maximum Gasteiger partial charge on any atom is -0.0328 e. The van der Waals surface area contributed by atoms with E-state index in [1.54, 1.807) is 0 Å². The van der Waals surface area contributed by atoms with E-state index in [4.69, 9.17) is 0 Å². The van der Waals surface area contributed by atoms with Crippen LogP contribution in [-0.2, 0) is 0 Å². The van der Waals surface area contributed by atoms with Crippen LogP contribution in [0.25, 0.3) is 0 Å². The van der Waals surface area contributed by atoms with Crippen molar-refractivity contribution in [1.29, 1.82) is 0 Å². The molecule has 0 radical (unpaired) electrons. The highest BCUT2D eigenvalue weighted by atomic mass is 13.8. The van der Waals surface area contributed by atoms with E-state index in [-0.39, 0.29) is 0 Å². The molecule has 0 aliphatic rings. The number of allylic oxidation sites excluding steroid dienone is 2. The lowest BCUT2D eigenvalue weighted by Crippen LogP contribution is -1.66. The van der Waals surface area contributed by atoms with Gasteiger partial charge < -0.3 is 0 Å². The molecule has 0 spiro atoms. The first-order chi connectivity index (χ1) is 7.95. The summed E-state index contributed by atoms with van der Waals surface area (Å²) >= 11 is 0. The molecule has 0 heterocycles. The summed E-state index contributed by atoms with van der Waals surface area (Å²) in [6.45, 7) is 24.1. The van der Waals surface area contributed by atoms with Crippen molar-refractivity contribution in [3.8, 4) is 0 Å². The first kappa shape index (κ1) is 25.4. The summed E-state index contributed by atoms with van der Waals surface area (Å²) < 4.78 is 0. The summed E-state index contributed by atoms with van der Waals surface area (Å²) in [4.78, 5) is 0. The van der Waals surface area contributed by atoms with Crippen LogP contribution in [0.4, 0.5) is 0 Å². The fourth-order valence-electron chi connectivity index (χ4n) is 0.427. The van der Waals surface area contributed by atoms with E-state index in [0.717, 1.165) is 6.42 Å². The van der Waals surface area contributed by atoms with E-state index in [9.17, 15) is 0 Å². The Hall–Kier alpha value is -0.520. The SMILES string of the molecule is C=C(C)CC.C=C(C)CCC.CC.CCCC. The zero-order chi connectivity index (χ0) is 14.7. The van der Waals surface area contributed by atoms with Gasteiger partial charge in [0.15, 0.2) is 0 Å². The Morgan fingerprint density at radius 2 is 1.00 bits per heavy atom. The highest BCUT2D eigenvalue weighted by molar-refractivity contribution is 4.86. The molecule has 0 saturated carbocycles. The Morgan fingerprint density at radius 3 is 1.00 bits per heavy atom. The van der Waals surface area contributed by atoms with Crippen LogP contribution in [0.2, 0.25) is 0 Å². The third kappa shape index (κ3) is 93.7. The predicted octanol–water partition coefficient (Wildman–Crippen LogP) is 7.17. The van der Waals surface area contributed by atoms with Crippen molar-refractivity contribution in [2.75, 3.05) is 0 Å². The molecule has 106 valence electrons. The average molecular weight is 242 g/mol. The minimum atomic E-state index is 1.11. The van der Waals surface area contributed by atoms with Crippen molar-refractivity contribution >= 4 is 0 Å². The molecule has 0 bridgehead atoms. The molecule has 0 unspecified atom stereocenters. The van der Waals surface area contributed by atoms with Gasteiger partial charge in [0.05, 0.1) is 0 Å². The second-order valence-corrected chi connectivity index (χ2v) is 4.02. The van der Waals surface area contributed by atoms with Gasteiger partial charge in [-0.2, -0.15) is 0 Å². The van der Waals surface area contributed by atoms with Gasteiger partial charge in [0.1, 0.15) is 0 Å². The molecule has 0 saturated heterocycles. The molecule has 0 fully saturated rings. The molecule has 0 nitrogen and oxygen atoms in total. The second-order valence-electron chi connectivity index (χ2n) is 4.02. The third-order valence-corrected chi connectivity index (χ3v) is 1.78. The normalized spacial score (nSPS) is 7.29. The van der Waals surface area contributed by atoms with E-state index in [1.165, 1.54) is 36.8 Å². The molecule has 0 N–H and O–H groups in total. The van der Waals surface area contributed by atoms with E-state index >= 15 is 0 Å². The Morgan fingerprint density at radius 1 is 0.706 bits per heavy atom. The van der Waals surface area contributed by atoms with Crippen molar-refractivity contribution in [2.45, 2.75) is 87.5 Å². The molecule has 0 rings (SSSR count). The van der Waals surface area contributed by atoms with Crippen LogP contribution in [0.15, 0.2) is 24.3 Å². The quantitative estimate of drug-likeness (QED) is 0.458. The van der Waals surface area contributed by atoms with Crippen molar-refractivity contribution in [3.05, 3.63) is 24.3 Å². The maximum atomic E-state index is 3.74. The molecule has 0 aromatic rings. The smallest absolute Gasteiger partial charge is 0.0328 e. The summed E-state index contributed by atoms with van der Waals surface area (Å²) in [5, 5.41) is 0. The number of unbranched alkanes of at least 4 members (excludes halogenated alkanes) is 1. The van der Waals surface area contributed by atoms with Crippen molar-refractivity contribution in [1.82, 2.24) is 0 Å². The second kappa shape index (κ2) is 29.6. The summed E-state index contributed by atoms with van der Waals surface area (Å²) in [7, 11) is 0. The first-order valence-corrected chi connectivity index (χ1v) is 7.24. The Labute approximate surface area is 112 Å². The monoisotopic (exact) mass is 242 g/mol. The summed E-state index contributed by atoms with van der Waals surface area (Å²) in [5.74, 6) is 0. The minimum absolute atomic E-state index is 1.11. The lowest BCUT2D eigenvalue weighted by Gasteiger charge is -1.87. The zero-order valence-corrected chi connectivity index (χ0v) is 13.9. The zero-order valence-electron chi connectivity index (χ0n) is 13.9. The fourth-order valence-corrected chi connectivity index (χ4v) is 0.427. The van der Waals surface area contributed by atoms with E-state index in [0.29, 0.717) is 0 Å². The fraction of sp³-hybridized carbons (Fsp3) is 0.765. The molecule has 0 aliphatic carbocycles. The summed E-state index contributed by atoms with van der Waals surface area (Å²) in [5.41, 5.74) is 2.54. The van der Waals surface area contributed by atoms with Crippen LogP contribution >= 0.6 is 0 Å². The number of hydrogen-bond acceptors (Lipinski definition) is 0. The predicted molar refractivity (Wildman–Crippen MR) is 86.8 cm³/mol. The van der Waals surface area contributed by atoms with Gasteiger partial charge in [0.2, 0.25) is 0 Å².